The van der Waals surface area contributed by atoms with Gasteiger partial charge in [0.2, 0.25) is 0 Å². The fourth-order valence-electron chi connectivity index (χ4n) is 4.29. The number of aliphatic imine (C=N–C) groups is 1. The highest BCUT2D eigenvalue weighted by Crippen LogP contribution is 2.18. The molecule has 176 valence electrons. The van der Waals surface area contributed by atoms with E-state index in [2.05, 4.69) is 68.9 Å². The fraction of sp³-hybridized carbons (Fsp3) is 0.500. The lowest BCUT2D eigenvalue weighted by atomic mass is 10.1. The number of nitrogens with zero attached hydrogens (tertiary/aromatic N) is 7. The van der Waals surface area contributed by atoms with Gasteiger partial charge in [-0.05, 0) is 63.5 Å². The van der Waals surface area contributed by atoms with Crippen molar-refractivity contribution in [2.75, 3.05) is 19.6 Å². The number of nitrogens with one attached hydrogen (secondary N) is 2. The first-order valence-corrected chi connectivity index (χ1v) is 11.8. The molecule has 1 aliphatic rings. The van der Waals surface area contributed by atoms with Crippen LogP contribution in [0.3, 0.4) is 0 Å². The van der Waals surface area contributed by atoms with E-state index in [1.54, 1.807) is 6.20 Å². The van der Waals surface area contributed by atoms with Crippen molar-refractivity contribution >= 4 is 5.96 Å². The first kappa shape index (κ1) is 23.0. The summed E-state index contributed by atoms with van der Waals surface area (Å²) in [6.45, 7) is 9.94. The third kappa shape index (κ3) is 5.60. The summed E-state index contributed by atoms with van der Waals surface area (Å²) < 4.78 is 3.85. The van der Waals surface area contributed by atoms with Gasteiger partial charge in [0.15, 0.2) is 11.8 Å². The first-order chi connectivity index (χ1) is 16.0. The topological polar surface area (TPSA) is 88.2 Å². The third-order valence-electron chi connectivity index (χ3n) is 6.46. The SMILES string of the molecule is CCN1CCCC1CNC(=NCc1nnc(C)n1C)NC(C)c1cccc(-n2cccn2)c1. The van der Waals surface area contributed by atoms with Crippen LogP contribution >= 0.6 is 0 Å². The van der Waals surface area contributed by atoms with Crippen molar-refractivity contribution in [2.24, 2.45) is 12.0 Å². The highest BCUT2D eigenvalue weighted by molar-refractivity contribution is 5.80. The van der Waals surface area contributed by atoms with E-state index in [0.29, 0.717) is 12.6 Å². The van der Waals surface area contributed by atoms with E-state index < -0.39 is 0 Å². The summed E-state index contributed by atoms with van der Waals surface area (Å²) in [5.74, 6) is 2.52. The minimum Gasteiger partial charge on any atom is -0.355 e. The molecular formula is C24H35N9. The molecule has 33 heavy (non-hydrogen) atoms. The van der Waals surface area contributed by atoms with Crippen LogP contribution in [0.25, 0.3) is 5.69 Å². The van der Waals surface area contributed by atoms with Crippen molar-refractivity contribution in [3.8, 4) is 5.69 Å². The molecule has 0 amide bonds. The van der Waals surface area contributed by atoms with E-state index >= 15 is 0 Å². The Hall–Kier alpha value is -3.20. The summed E-state index contributed by atoms with van der Waals surface area (Å²) in [4.78, 5) is 7.39. The molecule has 3 heterocycles. The number of guanidine groups is 1. The van der Waals surface area contributed by atoms with Crippen LogP contribution < -0.4 is 10.6 Å². The molecule has 2 N–H and O–H groups in total. The average Bonchev–Trinajstić information content (AvgIpc) is 3.59. The molecule has 0 saturated carbocycles. The van der Waals surface area contributed by atoms with Crippen LogP contribution in [-0.2, 0) is 13.6 Å². The number of benzene rings is 1. The van der Waals surface area contributed by atoms with Crippen molar-refractivity contribution in [1.82, 2.24) is 40.1 Å². The highest BCUT2D eigenvalue weighted by Gasteiger charge is 2.23. The van der Waals surface area contributed by atoms with Gasteiger partial charge in [0.05, 0.1) is 11.7 Å². The van der Waals surface area contributed by atoms with Crippen LogP contribution in [0.15, 0.2) is 47.7 Å². The van der Waals surface area contributed by atoms with Gasteiger partial charge < -0.3 is 15.2 Å². The molecule has 1 saturated heterocycles. The standard InChI is InChI=1S/C24H35N9/c1-5-32-13-7-11-22(32)16-25-24(26-17-23-30-29-19(3)31(23)4)28-18(2)20-9-6-10-21(15-20)33-14-8-12-27-33/h6,8-10,12,14-15,18,22H,5,7,11,13,16-17H2,1-4H3,(H2,25,26,28). The minimum atomic E-state index is 0.0684. The Bertz CT molecular complexity index is 1050. The Labute approximate surface area is 195 Å². The molecule has 0 radical (unpaired) electrons. The van der Waals surface area contributed by atoms with Crippen LogP contribution in [0, 0.1) is 6.92 Å². The van der Waals surface area contributed by atoms with E-state index in [9.17, 15) is 0 Å². The molecule has 9 nitrogen and oxygen atoms in total. The summed E-state index contributed by atoms with van der Waals surface area (Å²) in [5, 5.41) is 19.9. The smallest absolute Gasteiger partial charge is 0.192 e. The van der Waals surface area contributed by atoms with Crippen LogP contribution in [0.1, 0.15) is 49.9 Å². The summed E-state index contributed by atoms with van der Waals surface area (Å²) in [6.07, 6.45) is 6.22. The van der Waals surface area contributed by atoms with E-state index in [4.69, 9.17) is 4.99 Å². The monoisotopic (exact) mass is 449 g/mol. The number of aromatic nitrogens is 5. The van der Waals surface area contributed by atoms with Gasteiger partial charge in [-0.1, -0.05) is 19.1 Å². The van der Waals surface area contributed by atoms with E-state index in [-0.39, 0.29) is 6.04 Å². The lowest BCUT2D eigenvalue weighted by Crippen LogP contribution is -2.45. The number of aryl methyl sites for hydroxylation is 1. The second kappa shape index (κ2) is 10.6. The summed E-state index contributed by atoms with van der Waals surface area (Å²) in [7, 11) is 1.97. The molecular weight excluding hydrogens is 414 g/mol. The maximum absolute atomic E-state index is 4.85. The second-order valence-corrected chi connectivity index (χ2v) is 8.60. The zero-order valence-electron chi connectivity index (χ0n) is 20.1. The Morgan fingerprint density at radius 3 is 2.88 bits per heavy atom. The van der Waals surface area contributed by atoms with Crippen LogP contribution in [0.4, 0.5) is 0 Å². The maximum atomic E-state index is 4.85. The predicted molar refractivity (Wildman–Crippen MR) is 130 cm³/mol. The molecule has 2 aromatic heterocycles. The Kier molecular flexibility index (Phi) is 7.39. The van der Waals surface area contributed by atoms with Gasteiger partial charge in [-0.15, -0.1) is 10.2 Å². The van der Waals surface area contributed by atoms with Crippen LogP contribution in [0.2, 0.25) is 0 Å². The molecule has 2 unspecified atom stereocenters. The molecule has 1 aromatic carbocycles. The van der Waals surface area contributed by atoms with Gasteiger partial charge in [-0.2, -0.15) is 5.10 Å². The van der Waals surface area contributed by atoms with Gasteiger partial charge >= 0.3 is 0 Å². The van der Waals surface area contributed by atoms with E-state index in [1.807, 2.05) is 35.5 Å². The largest absolute Gasteiger partial charge is 0.355 e. The molecule has 0 aliphatic carbocycles. The lowest BCUT2D eigenvalue weighted by Gasteiger charge is -2.25. The van der Waals surface area contributed by atoms with Crippen LogP contribution in [0.5, 0.6) is 0 Å². The zero-order valence-corrected chi connectivity index (χ0v) is 20.1. The third-order valence-corrected chi connectivity index (χ3v) is 6.46. The number of hydrogen-bond donors (Lipinski definition) is 2. The lowest BCUT2D eigenvalue weighted by molar-refractivity contribution is 0.267. The quantitative estimate of drug-likeness (QED) is 0.406. The second-order valence-electron chi connectivity index (χ2n) is 8.60. The van der Waals surface area contributed by atoms with Crippen LogP contribution in [-0.4, -0.2) is 61.1 Å². The number of rotatable bonds is 8. The molecule has 0 bridgehead atoms. The maximum Gasteiger partial charge on any atom is 0.192 e. The van der Waals surface area contributed by atoms with Crippen molar-refractivity contribution in [2.45, 2.75) is 52.2 Å². The first-order valence-electron chi connectivity index (χ1n) is 11.8. The predicted octanol–water partition coefficient (Wildman–Crippen LogP) is 2.59. The average molecular weight is 450 g/mol. The van der Waals surface area contributed by atoms with Crippen molar-refractivity contribution in [3.63, 3.8) is 0 Å². The van der Waals surface area contributed by atoms with Crippen molar-refractivity contribution < 1.29 is 0 Å². The van der Waals surface area contributed by atoms with Crippen molar-refractivity contribution in [1.29, 1.82) is 0 Å². The number of likely N-dealkylation sites (N-methyl/N-ethyl adjacent to an activating group) is 1. The molecule has 4 rings (SSSR count). The van der Waals surface area contributed by atoms with Gasteiger partial charge in [0.1, 0.15) is 12.4 Å². The Morgan fingerprint density at radius 1 is 1.27 bits per heavy atom. The van der Waals surface area contributed by atoms with Gasteiger partial charge in [-0.25, -0.2) is 9.67 Å². The number of hydrogen-bond acceptors (Lipinski definition) is 5. The summed E-state index contributed by atoms with van der Waals surface area (Å²) >= 11 is 0. The van der Waals surface area contributed by atoms with Gasteiger partial charge in [0, 0.05) is 32.0 Å². The summed E-state index contributed by atoms with van der Waals surface area (Å²) in [6, 6.07) is 11.0. The van der Waals surface area contributed by atoms with E-state index in [1.165, 1.54) is 24.9 Å². The molecule has 1 fully saturated rings. The van der Waals surface area contributed by atoms with E-state index in [0.717, 1.165) is 36.4 Å². The highest BCUT2D eigenvalue weighted by atomic mass is 15.3. The number of likely N-dealkylation sites (tertiary alicyclic amines) is 1. The fourth-order valence-corrected chi connectivity index (χ4v) is 4.29. The Balaban J connectivity index is 1.49. The van der Waals surface area contributed by atoms with Gasteiger partial charge in [0.25, 0.3) is 0 Å². The minimum absolute atomic E-state index is 0.0684. The molecule has 0 spiro atoms. The molecule has 9 heteroatoms. The van der Waals surface area contributed by atoms with Crippen molar-refractivity contribution in [3.05, 3.63) is 59.9 Å². The molecule has 1 aliphatic heterocycles. The Morgan fingerprint density at radius 2 is 2.15 bits per heavy atom. The summed E-state index contributed by atoms with van der Waals surface area (Å²) in [5.41, 5.74) is 2.21. The zero-order chi connectivity index (χ0) is 23.2. The molecule has 2 atom stereocenters. The normalized spacial score (nSPS) is 17.9. The van der Waals surface area contributed by atoms with Gasteiger partial charge in [-0.3, -0.25) is 4.90 Å². The molecule has 3 aromatic rings.